The second kappa shape index (κ2) is 7.43. The summed E-state index contributed by atoms with van der Waals surface area (Å²) in [7, 11) is -1.24. The van der Waals surface area contributed by atoms with E-state index in [1.54, 1.807) is 0 Å². The standard InChI is InChI=1S/C15H23NO3S/c1-5-19-13-9-7-6-8-12(13)10-20(18)11-14(17)16-15(2,3)4/h6-9H,5,10-11H2,1-4H3,(H,16,17)/t20-/m1/s1. The van der Waals surface area contributed by atoms with Gasteiger partial charge in [0.15, 0.2) is 0 Å². The molecule has 0 heterocycles. The van der Waals surface area contributed by atoms with Crippen molar-refractivity contribution in [2.45, 2.75) is 39.0 Å². The van der Waals surface area contributed by atoms with Crippen LogP contribution in [0.1, 0.15) is 33.3 Å². The first-order valence-corrected chi connectivity index (χ1v) is 8.17. The predicted molar refractivity (Wildman–Crippen MR) is 82.2 cm³/mol. The predicted octanol–water partition coefficient (Wildman–Crippen LogP) is 2.25. The van der Waals surface area contributed by atoms with E-state index in [0.717, 1.165) is 11.3 Å². The first kappa shape index (κ1) is 16.7. The third kappa shape index (κ3) is 6.19. The van der Waals surface area contributed by atoms with Gasteiger partial charge in [0.25, 0.3) is 0 Å². The van der Waals surface area contributed by atoms with Crippen LogP contribution in [0.2, 0.25) is 0 Å². The van der Waals surface area contributed by atoms with Crippen molar-refractivity contribution in [3.63, 3.8) is 0 Å². The van der Waals surface area contributed by atoms with Gasteiger partial charge in [-0.2, -0.15) is 0 Å². The molecule has 0 unspecified atom stereocenters. The smallest absolute Gasteiger partial charge is 0.233 e. The summed E-state index contributed by atoms with van der Waals surface area (Å²) in [5.41, 5.74) is 0.570. The topological polar surface area (TPSA) is 55.4 Å². The number of carbonyl (C=O) groups excluding carboxylic acids is 1. The highest BCUT2D eigenvalue weighted by Crippen LogP contribution is 2.19. The van der Waals surface area contributed by atoms with Gasteiger partial charge >= 0.3 is 0 Å². The summed E-state index contributed by atoms with van der Waals surface area (Å²) in [4.78, 5) is 11.7. The van der Waals surface area contributed by atoms with Gasteiger partial charge in [-0.1, -0.05) is 18.2 Å². The molecule has 1 N–H and O–H groups in total. The van der Waals surface area contributed by atoms with E-state index in [2.05, 4.69) is 5.32 Å². The normalized spacial score (nSPS) is 12.8. The third-order valence-corrected chi connectivity index (χ3v) is 3.61. The lowest BCUT2D eigenvalue weighted by molar-refractivity contribution is -0.119. The van der Waals surface area contributed by atoms with Gasteiger partial charge in [-0.3, -0.25) is 9.00 Å². The molecule has 0 radical (unpaired) electrons. The van der Waals surface area contributed by atoms with Gasteiger partial charge in [0, 0.05) is 21.9 Å². The molecule has 1 aromatic rings. The number of hydrogen-bond acceptors (Lipinski definition) is 3. The first-order chi connectivity index (χ1) is 9.31. The Balaban J connectivity index is 2.61. The van der Waals surface area contributed by atoms with Crippen LogP contribution in [0.15, 0.2) is 24.3 Å². The molecule has 1 aromatic carbocycles. The van der Waals surface area contributed by atoms with Crippen LogP contribution in [0.25, 0.3) is 0 Å². The maximum absolute atomic E-state index is 12.1. The minimum absolute atomic E-state index is 0.0116. The number of amides is 1. The number of rotatable bonds is 6. The SMILES string of the molecule is CCOc1ccccc1C[S@@](=O)CC(=O)NC(C)(C)C. The number of para-hydroxylation sites is 1. The van der Waals surface area contributed by atoms with Crippen LogP contribution in [-0.4, -0.2) is 28.0 Å². The van der Waals surface area contributed by atoms with Crippen LogP contribution in [0.3, 0.4) is 0 Å². The minimum Gasteiger partial charge on any atom is -0.494 e. The zero-order valence-electron chi connectivity index (χ0n) is 12.6. The molecular formula is C15H23NO3S. The lowest BCUT2D eigenvalue weighted by Crippen LogP contribution is -2.42. The summed E-state index contributed by atoms with van der Waals surface area (Å²) in [6, 6.07) is 7.49. The lowest BCUT2D eigenvalue weighted by atomic mass is 10.1. The summed E-state index contributed by atoms with van der Waals surface area (Å²) in [5.74, 6) is 0.884. The third-order valence-electron chi connectivity index (χ3n) is 2.40. The van der Waals surface area contributed by atoms with Gasteiger partial charge in [-0.25, -0.2) is 0 Å². The van der Waals surface area contributed by atoms with E-state index in [1.165, 1.54) is 0 Å². The molecular weight excluding hydrogens is 274 g/mol. The summed E-state index contributed by atoms with van der Waals surface area (Å²) >= 11 is 0. The summed E-state index contributed by atoms with van der Waals surface area (Å²) in [6.45, 7) is 8.17. The number of hydrogen-bond donors (Lipinski definition) is 1. The number of ether oxygens (including phenoxy) is 1. The molecule has 0 saturated heterocycles. The Morgan fingerprint density at radius 1 is 1.30 bits per heavy atom. The van der Waals surface area contributed by atoms with Gasteiger partial charge in [0.05, 0.1) is 12.4 Å². The van der Waals surface area contributed by atoms with Gasteiger partial charge in [-0.05, 0) is 33.8 Å². The highest BCUT2D eigenvalue weighted by molar-refractivity contribution is 7.84. The maximum Gasteiger partial charge on any atom is 0.233 e. The number of benzene rings is 1. The fraction of sp³-hybridized carbons (Fsp3) is 0.533. The van der Waals surface area contributed by atoms with Crippen molar-refractivity contribution in [1.82, 2.24) is 5.32 Å². The molecule has 0 aliphatic rings. The zero-order chi connectivity index (χ0) is 15.2. The highest BCUT2D eigenvalue weighted by atomic mass is 32.2. The molecule has 0 aromatic heterocycles. The minimum atomic E-state index is -1.24. The van der Waals surface area contributed by atoms with Gasteiger partial charge < -0.3 is 10.1 Å². The van der Waals surface area contributed by atoms with E-state index < -0.39 is 10.8 Å². The molecule has 0 spiro atoms. The quantitative estimate of drug-likeness (QED) is 0.876. The van der Waals surface area contributed by atoms with Crippen LogP contribution < -0.4 is 10.1 Å². The Kier molecular flexibility index (Phi) is 6.20. The molecule has 0 aliphatic heterocycles. The zero-order valence-corrected chi connectivity index (χ0v) is 13.4. The van der Waals surface area contributed by atoms with E-state index in [4.69, 9.17) is 4.74 Å². The van der Waals surface area contributed by atoms with Crippen LogP contribution in [0.5, 0.6) is 5.75 Å². The van der Waals surface area contributed by atoms with E-state index in [-0.39, 0.29) is 17.2 Å². The van der Waals surface area contributed by atoms with Crippen LogP contribution in [0, 0.1) is 0 Å². The molecule has 112 valence electrons. The molecule has 0 fully saturated rings. The van der Waals surface area contributed by atoms with Crippen LogP contribution >= 0.6 is 0 Å². The average Bonchev–Trinajstić information content (AvgIpc) is 2.29. The molecule has 1 amide bonds. The largest absolute Gasteiger partial charge is 0.494 e. The Morgan fingerprint density at radius 3 is 2.55 bits per heavy atom. The molecule has 20 heavy (non-hydrogen) atoms. The van der Waals surface area contributed by atoms with Gasteiger partial charge in [-0.15, -0.1) is 0 Å². The Hall–Kier alpha value is -1.36. The van der Waals surface area contributed by atoms with Crippen molar-refractivity contribution in [2.75, 3.05) is 12.4 Å². The van der Waals surface area contributed by atoms with Gasteiger partial charge in [0.1, 0.15) is 11.5 Å². The first-order valence-electron chi connectivity index (χ1n) is 6.68. The monoisotopic (exact) mass is 297 g/mol. The molecule has 1 rings (SSSR count). The molecule has 0 aliphatic carbocycles. The van der Waals surface area contributed by atoms with Crippen LogP contribution in [0.4, 0.5) is 0 Å². The Bertz CT molecular complexity index is 480. The van der Waals surface area contributed by atoms with Gasteiger partial charge in [0.2, 0.25) is 5.91 Å². The van der Waals surface area contributed by atoms with E-state index in [9.17, 15) is 9.00 Å². The number of nitrogens with one attached hydrogen (secondary N) is 1. The number of carbonyl (C=O) groups is 1. The highest BCUT2D eigenvalue weighted by Gasteiger charge is 2.16. The van der Waals surface area contributed by atoms with Crippen molar-refractivity contribution >= 4 is 16.7 Å². The fourth-order valence-electron chi connectivity index (χ4n) is 1.74. The van der Waals surface area contributed by atoms with E-state index in [0.29, 0.717) is 12.4 Å². The maximum atomic E-state index is 12.1. The van der Waals surface area contributed by atoms with Crippen molar-refractivity contribution in [3.8, 4) is 5.75 Å². The van der Waals surface area contributed by atoms with E-state index in [1.807, 2.05) is 52.0 Å². The van der Waals surface area contributed by atoms with Crippen molar-refractivity contribution in [3.05, 3.63) is 29.8 Å². The molecule has 5 heteroatoms. The van der Waals surface area contributed by atoms with Crippen molar-refractivity contribution in [1.29, 1.82) is 0 Å². The summed E-state index contributed by atoms with van der Waals surface area (Å²) in [5, 5.41) is 2.81. The molecule has 0 saturated carbocycles. The lowest BCUT2D eigenvalue weighted by Gasteiger charge is -2.20. The second-order valence-corrected chi connectivity index (χ2v) is 7.02. The van der Waals surface area contributed by atoms with Crippen molar-refractivity contribution in [2.24, 2.45) is 0 Å². The van der Waals surface area contributed by atoms with Crippen molar-refractivity contribution < 1.29 is 13.7 Å². The Labute approximate surface area is 123 Å². The summed E-state index contributed by atoms with van der Waals surface area (Å²) in [6.07, 6.45) is 0. The molecule has 1 atom stereocenters. The molecule has 0 bridgehead atoms. The fourth-order valence-corrected chi connectivity index (χ4v) is 2.80. The van der Waals surface area contributed by atoms with Crippen LogP contribution in [-0.2, 0) is 21.3 Å². The second-order valence-electron chi connectivity index (χ2n) is 5.57. The average molecular weight is 297 g/mol. The summed E-state index contributed by atoms with van der Waals surface area (Å²) < 4.78 is 17.5. The van der Waals surface area contributed by atoms with E-state index >= 15 is 0 Å². The Morgan fingerprint density at radius 2 is 1.95 bits per heavy atom. The molecule has 4 nitrogen and oxygen atoms in total.